The summed E-state index contributed by atoms with van der Waals surface area (Å²) in [6.45, 7) is 0. The van der Waals surface area contributed by atoms with Gasteiger partial charge < -0.3 is 10.2 Å². The number of benzene rings is 2. The maximum Gasteiger partial charge on any atom is 0.189 e. The molecule has 0 saturated carbocycles. The molecule has 0 radical (unpaired) electrons. The molecular weight excluding hydrogens is 311 g/mol. The van der Waals surface area contributed by atoms with E-state index in [4.69, 9.17) is 23.2 Å². The van der Waals surface area contributed by atoms with Gasteiger partial charge in [0, 0.05) is 23.1 Å². The zero-order chi connectivity index (χ0) is 15.1. The van der Waals surface area contributed by atoms with E-state index in [-0.39, 0.29) is 23.7 Å². The molecule has 106 valence electrons. The van der Waals surface area contributed by atoms with Crippen LogP contribution in [0.15, 0.2) is 35.9 Å². The summed E-state index contributed by atoms with van der Waals surface area (Å²) in [6, 6.07) is 7.99. The summed E-state index contributed by atoms with van der Waals surface area (Å²) >= 11 is 12.1. The van der Waals surface area contributed by atoms with Crippen LogP contribution >= 0.6 is 23.2 Å². The van der Waals surface area contributed by atoms with Crippen molar-refractivity contribution >= 4 is 35.1 Å². The molecule has 0 spiro atoms. The number of fused-ring (bicyclic) bond motifs is 1. The van der Waals surface area contributed by atoms with Gasteiger partial charge in [0.05, 0.1) is 10.0 Å². The summed E-state index contributed by atoms with van der Waals surface area (Å²) in [4.78, 5) is 12.3. The van der Waals surface area contributed by atoms with Crippen molar-refractivity contribution < 1.29 is 15.0 Å². The molecular formula is C16H10Cl2O3. The van der Waals surface area contributed by atoms with Gasteiger partial charge in [0.2, 0.25) is 0 Å². The molecule has 2 aromatic rings. The Morgan fingerprint density at radius 1 is 1.10 bits per heavy atom. The molecule has 0 aromatic heterocycles. The van der Waals surface area contributed by atoms with Crippen LogP contribution in [0.1, 0.15) is 21.5 Å². The summed E-state index contributed by atoms with van der Waals surface area (Å²) in [7, 11) is 0. The molecule has 21 heavy (non-hydrogen) atoms. The van der Waals surface area contributed by atoms with Gasteiger partial charge in [-0.2, -0.15) is 0 Å². The Morgan fingerprint density at radius 2 is 1.86 bits per heavy atom. The van der Waals surface area contributed by atoms with Crippen molar-refractivity contribution in [2.75, 3.05) is 0 Å². The fourth-order valence-corrected chi connectivity index (χ4v) is 2.76. The molecule has 1 aliphatic carbocycles. The minimum atomic E-state index is -0.249. The Kier molecular flexibility index (Phi) is 3.40. The summed E-state index contributed by atoms with van der Waals surface area (Å²) in [6.07, 6.45) is 1.91. The molecule has 3 rings (SSSR count). The van der Waals surface area contributed by atoms with Crippen LogP contribution in [0.3, 0.4) is 0 Å². The van der Waals surface area contributed by atoms with Gasteiger partial charge in [-0.3, -0.25) is 4.79 Å². The highest BCUT2D eigenvalue weighted by Gasteiger charge is 2.28. The molecule has 0 unspecified atom stereocenters. The number of ketones is 1. The first-order chi connectivity index (χ1) is 9.99. The van der Waals surface area contributed by atoms with Crippen LogP contribution in [0.4, 0.5) is 0 Å². The maximum atomic E-state index is 12.3. The van der Waals surface area contributed by atoms with Gasteiger partial charge in [0.15, 0.2) is 17.3 Å². The number of allylic oxidation sites excluding steroid dienone is 1. The van der Waals surface area contributed by atoms with Gasteiger partial charge in [0.1, 0.15) is 0 Å². The van der Waals surface area contributed by atoms with Crippen LogP contribution < -0.4 is 0 Å². The van der Waals surface area contributed by atoms with Crippen LogP contribution in [0, 0.1) is 0 Å². The third-order valence-corrected chi connectivity index (χ3v) is 4.31. The molecule has 0 amide bonds. The third kappa shape index (κ3) is 2.28. The number of phenolic OH excluding ortho intramolecular Hbond substituents is 2. The molecule has 0 aliphatic heterocycles. The summed E-state index contributed by atoms with van der Waals surface area (Å²) in [5.41, 5.74) is 1.97. The Hall–Kier alpha value is -1.97. The van der Waals surface area contributed by atoms with Crippen LogP contribution in [-0.2, 0) is 6.42 Å². The lowest BCUT2D eigenvalue weighted by Crippen LogP contribution is -1.95. The molecule has 1 aliphatic rings. The number of hydrogen-bond acceptors (Lipinski definition) is 3. The zero-order valence-corrected chi connectivity index (χ0v) is 12.2. The van der Waals surface area contributed by atoms with Gasteiger partial charge in [-0.1, -0.05) is 35.3 Å². The monoisotopic (exact) mass is 320 g/mol. The summed E-state index contributed by atoms with van der Waals surface area (Å²) in [5.74, 6) is -0.665. The number of rotatable bonds is 1. The molecule has 0 bridgehead atoms. The van der Waals surface area contributed by atoms with E-state index in [1.54, 1.807) is 24.3 Å². The number of phenols is 2. The second-order valence-electron chi connectivity index (χ2n) is 4.78. The average molecular weight is 321 g/mol. The van der Waals surface area contributed by atoms with Crippen molar-refractivity contribution in [3.05, 3.63) is 62.6 Å². The van der Waals surface area contributed by atoms with Gasteiger partial charge in [0.25, 0.3) is 0 Å². The standard InChI is InChI=1S/C16H10Cl2O3/c17-12-3-1-2-8(14(12)18)6-9-7-11-10(15(9)20)4-5-13(19)16(11)21/h1-6,19,21H,7H2/b9-6+. The average Bonchev–Trinajstić information content (AvgIpc) is 2.77. The normalized spacial score (nSPS) is 15.5. The number of carbonyl (C=O) groups is 1. The molecule has 0 atom stereocenters. The van der Waals surface area contributed by atoms with Crippen LogP contribution in [0.5, 0.6) is 11.5 Å². The molecule has 0 fully saturated rings. The highest BCUT2D eigenvalue weighted by molar-refractivity contribution is 6.43. The van der Waals surface area contributed by atoms with Crippen molar-refractivity contribution in [1.29, 1.82) is 0 Å². The second kappa shape index (κ2) is 5.10. The fraction of sp³-hybridized carbons (Fsp3) is 0.0625. The number of carbonyl (C=O) groups excluding carboxylic acids is 1. The van der Waals surface area contributed by atoms with Crippen molar-refractivity contribution in [3.8, 4) is 11.5 Å². The van der Waals surface area contributed by atoms with Crippen LogP contribution in [-0.4, -0.2) is 16.0 Å². The molecule has 2 N–H and O–H groups in total. The largest absolute Gasteiger partial charge is 0.504 e. The fourth-order valence-electron chi connectivity index (χ4n) is 2.40. The van der Waals surface area contributed by atoms with E-state index >= 15 is 0 Å². The van der Waals surface area contributed by atoms with E-state index in [2.05, 4.69) is 0 Å². The van der Waals surface area contributed by atoms with Crippen molar-refractivity contribution in [3.63, 3.8) is 0 Å². The number of Topliss-reactive ketones (excluding diaryl/α,β-unsaturated/α-hetero) is 1. The molecule has 2 aromatic carbocycles. The Balaban J connectivity index is 2.07. The van der Waals surface area contributed by atoms with Crippen molar-refractivity contribution in [2.24, 2.45) is 0 Å². The topological polar surface area (TPSA) is 57.5 Å². The first-order valence-electron chi connectivity index (χ1n) is 6.22. The SMILES string of the molecule is O=C1/C(=C/c2cccc(Cl)c2Cl)Cc2c1ccc(O)c2O. The third-order valence-electron chi connectivity index (χ3n) is 3.48. The Morgan fingerprint density at radius 3 is 2.62 bits per heavy atom. The minimum absolute atomic E-state index is 0.184. The van der Waals surface area contributed by atoms with Gasteiger partial charge >= 0.3 is 0 Å². The highest BCUT2D eigenvalue weighted by atomic mass is 35.5. The first-order valence-corrected chi connectivity index (χ1v) is 6.97. The van der Waals surface area contributed by atoms with Crippen LogP contribution in [0.2, 0.25) is 10.0 Å². The van der Waals surface area contributed by atoms with Gasteiger partial charge in [-0.05, 0) is 29.8 Å². The predicted molar refractivity (Wildman–Crippen MR) is 82.2 cm³/mol. The number of halogens is 2. The van der Waals surface area contributed by atoms with E-state index in [0.717, 1.165) is 0 Å². The lowest BCUT2D eigenvalue weighted by molar-refractivity contribution is 0.104. The van der Waals surface area contributed by atoms with E-state index in [1.165, 1.54) is 12.1 Å². The summed E-state index contributed by atoms with van der Waals surface area (Å²) in [5, 5.41) is 20.1. The quantitative estimate of drug-likeness (QED) is 0.610. The number of hydrogen-bond donors (Lipinski definition) is 2. The zero-order valence-electron chi connectivity index (χ0n) is 10.7. The first kappa shape index (κ1) is 14.0. The lowest BCUT2D eigenvalue weighted by atomic mass is 10.1. The molecule has 3 nitrogen and oxygen atoms in total. The van der Waals surface area contributed by atoms with Gasteiger partial charge in [-0.25, -0.2) is 0 Å². The smallest absolute Gasteiger partial charge is 0.189 e. The van der Waals surface area contributed by atoms with E-state index < -0.39 is 0 Å². The molecule has 0 heterocycles. The Labute approximate surface area is 131 Å². The predicted octanol–water partition coefficient (Wildman–Crippen LogP) is 4.23. The van der Waals surface area contributed by atoms with Crippen molar-refractivity contribution in [1.82, 2.24) is 0 Å². The van der Waals surface area contributed by atoms with Crippen LogP contribution in [0.25, 0.3) is 6.08 Å². The van der Waals surface area contributed by atoms with E-state index in [0.29, 0.717) is 32.3 Å². The second-order valence-corrected chi connectivity index (χ2v) is 5.56. The minimum Gasteiger partial charge on any atom is -0.504 e. The summed E-state index contributed by atoms with van der Waals surface area (Å²) < 4.78 is 0. The van der Waals surface area contributed by atoms with Gasteiger partial charge in [-0.15, -0.1) is 0 Å². The molecule has 5 heteroatoms. The Bertz CT molecular complexity index is 794. The highest BCUT2D eigenvalue weighted by Crippen LogP contribution is 2.39. The number of aromatic hydroxyl groups is 2. The van der Waals surface area contributed by atoms with E-state index in [1.807, 2.05) is 0 Å². The lowest BCUT2D eigenvalue weighted by Gasteiger charge is -2.02. The van der Waals surface area contributed by atoms with E-state index in [9.17, 15) is 15.0 Å². The maximum absolute atomic E-state index is 12.3. The van der Waals surface area contributed by atoms with Crippen molar-refractivity contribution in [2.45, 2.75) is 6.42 Å². The molecule has 0 saturated heterocycles.